The molecule has 0 aromatic heterocycles. The normalized spacial score (nSPS) is 12.0. The molecule has 0 aliphatic heterocycles. The lowest BCUT2D eigenvalue weighted by Crippen LogP contribution is -2.45. The van der Waals surface area contributed by atoms with E-state index < -0.39 is 0 Å². The van der Waals surface area contributed by atoms with E-state index >= 15 is 0 Å². The number of rotatable bonds is 36. The molecule has 0 aliphatic rings. The second kappa shape index (κ2) is 32.0. The van der Waals surface area contributed by atoms with Crippen LogP contribution in [0.4, 0.5) is 0 Å². The highest BCUT2D eigenvalue weighted by molar-refractivity contribution is 5.70. The molecule has 0 saturated heterocycles. The Bertz CT molecular complexity index is 655. The zero-order valence-electron chi connectivity index (χ0n) is 32.6. The van der Waals surface area contributed by atoms with Gasteiger partial charge in [0.05, 0.1) is 54.5 Å². The van der Waals surface area contributed by atoms with Gasteiger partial charge in [-0.25, -0.2) is 9.59 Å². The minimum atomic E-state index is -0.183. The summed E-state index contributed by atoms with van der Waals surface area (Å²) in [5.41, 5.74) is 0. The molecule has 0 atom stereocenters. The second-order valence-electron chi connectivity index (χ2n) is 15.5. The molecule has 0 rings (SSSR count). The minimum Gasteiger partial charge on any atom is -0.459 e. The summed E-state index contributed by atoms with van der Waals surface area (Å²) in [6.07, 6.45) is 32.2. The third kappa shape index (κ3) is 34.5. The van der Waals surface area contributed by atoms with Crippen molar-refractivity contribution in [3.05, 3.63) is 0 Å². The summed E-state index contributed by atoms with van der Waals surface area (Å²) in [7, 11) is 8.40. The van der Waals surface area contributed by atoms with Gasteiger partial charge in [-0.05, 0) is 25.7 Å². The summed E-state index contributed by atoms with van der Waals surface area (Å²) in [5, 5.41) is 0. The van der Waals surface area contributed by atoms with Crippen molar-refractivity contribution < 1.29 is 32.8 Å². The average Bonchev–Trinajstić information content (AvgIpc) is 3.01. The molecule has 0 radical (unpaired) electrons. The van der Waals surface area contributed by atoms with Crippen LogP contribution in [0.5, 0.6) is 0 Å². The molecule has 0 saturated carbocycles. The molecular weight excluding hydrogens is 588 g/mol. The zero-order valence-corrected chi connectivity index (χ0v) is 32.6. The molecule has 47 heavy (non-hydrogen) atoms. The Kier molecular flexibility index (Phi) is 31.2. The number of carbonyl (C=O) groups excluding carboxylic acids is 2. The largest absolute Gasteiger partial charge is 0.459 e. The van der Waals surface area contributed by atoms with Crippen molar-refractivity contribution in [1.82, 2.24) is 0 Å². The van der Waals surface area contributed by atoms with Gasteiger partial charge in [0.1, 0.15) is 13.2 Å². The highest BCUT2D eigenvalue weighted by Crippen LogP contribution is 2.14. The summed E-state index contributed by atoms with van der Waals surface area (Å²) >= 11 is 0. The lowest BCUT2D eigenvalue weighted by molar-refractivity contribution is -0.883. The number of nitrogens with zero attached hydrogens (tertiary/aromatic N) is 2. The van der Waals surface area contributed by atoms with E-state index in [1.165, 1.54) is 141 Å². The maximum atomic E-state index is 12.3. The van der Waals surface area contributed by atoms with E-state index in [0.717, 1.165) is 25.9 Å². The first kappa shape index (κ1) is 45.8. The van der Waals surface area contributed by atoms with Gasteiger partial charge in [0, 0.05) is 0 Å². The first-order valence-corrected chi connectivity index (χ1v) is 20.1. The number of hydrogen-bond donors (Lipinski definition) is 0. The van der Waals surface area contributed by atoms with Crippen LogP contribution >= 0.6 is 0 Å². The Morgan fingerprint density at radius 1 is 0.383 bits per heavy atom. The molecule has 7 heteroatoms. The Morgan fingerprint density at radius 3 is 0.915 bits per heavy atom. The maximum Gasteiger partial charge on any atom is 0.361 e. The van der Waals surface area contributed by atoms with Crippen LogP contribution in [0.3, 0.4) is 0 Å². The van der Waals surface area contributed by atoms with Crippen LogP contribution < -0.4 is 0 Å². The van der Waals surface area contributed by atoms with Crippen LogP contribution in [-0.2, 0) is 23.8 Å². The first-order valence-electron chi connectivity index (χ1n) is 20.1. The highest BCUT2D eigenvalue weighted by Gasteiger charge is 2.22. The van der Waals surface area contributed by atoms with Gasteiger partial charge < -0.3 is 23.2 Å². The highest BCUT2D eigenvalue weighted by atomic mass is 16.6. The fourth-order valence-corrected chi connectivity index (χ4v) is 6.24. The van der Waals surface area contributed by atoms with E-state index in [-0.39, 0.29) is 25.2 Å². The number of quaternary nitrogens is 2. The maximum absolute atomic E-state index is 12.3. The lowest BCUT2D eigenvalue weighted by Gasteiger charge is -2.28. The Labute approximate surface area is 293 Å². The number of esters is 2. The van der Waals surface area contributed by atoms with Gasteiger partial charge in [0.15, 0.2) is 13.1 Å². The van der Waals surface area contributed by atoms with Gasteiger partial charge in [0.2, 0.25) is 0 Å². The van der Waals surface area contributed by atoms with Crippen LogP contribution in [0.15, 0.2) is 0 Å². The van der Waals surface area contributed by atoms with E-state index in [9.17, 15) is 9.59 Å². The van der Waals surface area contributed by atoms with E-state index in [1.54, 1.807) is 0 Å². The van der Waals surface area contributed by atoms with Crippen molar-refractivity contribution in [2.24, 2.45) is 0 Å². The molecule has 0 fully saturated rings. The smallest absolute Gasteiger partial charge is 0.361 e. The van der Waals surface area contributed by atoms with Crippen LogP contribution in [0.25, 0.3) is 0 Å². The van der Waals surface area contributed by atoms with Crippen molar-refractivity contribution in [1.29, 1.82) is 0 Å². The summed E-state index contributed by atoms with van der Waals surface area (Å²) < 4.78 is 17.6. The summed E-state index contributed by atoms with van der Waals surface area (Å²) in [6, 6.07) is 0. The standard InChI is InChI=1S/C40H82N2O5/c1-7-9-11-13-15-17-19-21-23-25-27-29-31-41(3,4)37-39(43)46-35-33-45-34-36-47-40(44)38-42(5,6)32-30-28-26-24-22-20-18-16-14-12-10-8-2/h7-38H2,1-6H3/q+2. The number of unbranched alkanes of at least 4 members (excludes halogenated alkanes) is 22. The lowest BCUT2D eigenvalue weighted by atomic mass is 10.1. The van der Waals surface area contributed by atoms with Crippen LogP contribution in [0, 0.1) is 0 Å². The fourth-order valence-electron chi connectivity index (χ4n) is 6.24. The predicted octanol–water partition coefficient (Wildman–Crippen LogP) is 9.64. The molecule has 0 heterocycles. The summed E-state index contributed by atoms with van der Waals surface area (Å²) in [5.74, 6) is -0.366. The van der Waals surface area contributed by atoms with Crippen molar-refractivity contribution >= 4 is 11.9 Å². The number of carbonyl (C=O) groups is 2. The van der Waals surface area contributed by atoms with Gasteiger partial charge in [-0.1, -0.05) is 142 Å². The molecule has 0 unspecified atom stereocenters. The molecule has 0 aromatic rings. The second-order valence-corrected chi connectivity index (χ2v) is 15.5. The molecule has 280 valence electrons. The van der Waals surface area contributed by atoms with Gasteiger partial charge >= 0.3 is 11.9 Å². The molecule has 0 spiro atoms. The van der Waals surface area contributed by atoms with Crippen LogP contribution in [0.1, 0.15) is 168 Å². The van der Waals surface area contributed by atoms with Crippen LogP contribution in [-0.4, -0.2) is 102 Å². The number of likely N-dealkylation sites (N-methyl/N-ethyl adjacent to an activating group) is 2. The molecule has 0 aromatic carbocycles. The van der Waals surface area contributed by atoms with Gasteiger partial charge in [-0.15, -0.1) is 0 Å². The predicted molar refractivity (Wildman–Crippen MR) is 199 cm³/mol. The van der Waals surface area contributed by atoms with E-state index in [0.29, 0.717) is 35.3 Å². The molecule has 0 bridgehead atoms. The minimum absolute atomic E-state index is 0.183. The van der Waals surface area contributed by atoms with Gasteiger partial charge in [-0.2, -0.15) is 0 Å². The quantitative estimate of drug-likeness (QED) is 0.0377. The van der Waals surface area contributed by atoms with Crippen molar-refractivity contribution in [3.63, 3.8) is 0 Å². The average molecular weight is 671 g/mol. The number of ether oxygens (including phenoxy) is 3. The molecular formula is C40H82N2O5+2. The van der Waals surface area contributed by atoms with Gasteiger partial charge in [-0.3, -0.25) is 0 Å². The zero-order chi connectivity index (χ0) is 34.9. The topological polar surface area (TPSA) is 61.8 Å². The fraction of sp³-hybridized carbons (Fsp3) is 0.950. The first-order chi connectivity index (χ1) is 22.6. The van der Waals surface area contributed by atoms with E-state index in [4.69, 9.17) is 14.2 Å². The third-order valence-electron chi connectivity index (χ3n) is 9.33. The van der Waals surface area contributed by atoms with E-state index in [2.05, 4.69) is 42.0 Å². The Balaban J connectivity index is 3.66. The molecule has 0 amide bonds. The monoisotopic (exact) mass is 671 g/mol. The molecule has 0 aliphatic carbocycles. The SMILES string of the molecule is CCCCCCCCCCCCCC[N+](C)(C)CC(=O)OCCOCCOC(=O)C[N+](C)(C)CCCCCCCCCCCCCC. The molecule has 0 N–H and O–H groups in total. The van der Waals surface area contributed by atoms with Crippen molar-refractivity contribution in [2.45, 2.75) is 168 Å². The van der Waals surface area contributed by atoms with Gasteiger partial charge in [0.25, 0.3) is 0 Å². The summed E-state index contributed by atoms with van der Waals surface area (Å²) in [4.78, 5) is 24.7. The van der Waals surface area contributed by atoms with E-state index in [1.807, 2.05) is 0 Å². The third-order valence-corrected chi connectivity index (χ3v) is 9.33. The van der Waals surface area contributed by atoms with Crippen molar-refractivity contribution in [3.8, 4) is 0 Å². The Hall–Kier alpha value is -1.18. The van der Waals surface area contributed by atoms with Crippen molar-refractivity contribution in [2.75, 3.05) is 80.8 Å². The van der Waals surface area contributed by atoms with Crippen LogP contribution in [0.2, 0.25) is 0 Å². The molecule has 7 nitrogen and oxygen atoms in total. The Morgan fingerprint density at radius 2 is 0.638 bits per heavy atom. The summed E-state index contributed by atoms with van der Waals surface area (Å²) in [6.45, 7) is 8.37. The number of hydrogen-bond acceptors (Lipinski definition) is 5.